The highest BCUT2D eigenvalue weighted by Crippen LogP contribution is 2.37. The summed E-state index contributed by atoms with van der Waals surface area (Å²) in [4.78, 5) is -1.10. The zero-order chi connectivity index (χ0) is 18.4. The van der Waals surface area contributed by atoms with Crippen molar-refractivity contribution in [3.63, 3.8) is 0 Å². The van der Waals surface area contributed by atoms with E-state index in [1.54, 1.807) is 0 Å². The summed E-state index contributed by atoms with van der Waals surface area (Å²) in [6, 6.07) is 0.229. The van der Waals surface area contributed by atoms with Crippen molar-refractivity contribution >= 4 is 10.0 Å². The van der Waals surface area contributed by atoms with Crippen molar-refractivity contribution in [3.8, 4) is 0 Å². The van der Waals surface area contributed by atoms with Crippen LogP contribution < -0.4 is 4.72 Å². The molecule has 0 aromatic heterocycles. The summed E-state index contributed by atoms with van der Waals surface area (Å²) in [5.41, 5.74) is -4.47. The van der Waals surface area contributed by atoms with Crippen LogP contribution in [0.15, 0.2) is 23.1 Å². The van der Waals surface area contributed by atoms with Gasteiger partial charge in [-0.05, 0) is 31.5 Å². The van der Waals surface area contributed by atoms with Crippen LogP contribution >= 0.6 is 0 Å². The van der Waals surface area contributed by atoms with Gasteiger partial charge in [0.05, 0.1) is 28.2 Å². The Morgan fingerprint density at radius 2 is 1.54 bits per heavy atom. The summed E-state index contributed by atoms with van der Waals surface area (Å²) in [6.45, 7) is 1.66. The van der Waals surface area contributed by atoms with Gasteiger partial charge >= 0.3 is 12.4 Å². The quantitative estimate of drug-likeness (QED) is 0.824. The van der Waals surface area contributed by atoms with Crippen LogP contribution in [0.3, 0.4) is 0 Å². The maximum absolute atomic E-state index is 12.8. The van der Waals surface area contributed by atoms with Gasteiger partial charge in [0.2, 0.25) is 10.0 Å². The summed E-state index contributed by atoms with van der Waals surface area (Å²) in [7, 11) is -4.60. The number of nitrogens with one attached hydrogen (secondary N) is 1. The Morgan fingerprint density at radius 3 is 1.92 bits per heavy atom. The van der Waals surface area contributed by atoms with Gasteiger partial charge in [-0.15, -0.1) is 0 Å². The molecule has 2 rings (SSSR count). The van der Waals surface area contributed by atoms with Gasteiger partial charge in [0.25, 0.3) is 0 Å². The lowest BCUT2D eigenvalue weighted by Crippen LogP contribution is -2.46. The molecule has 1 fully saturated rings. The van der Waals surface area contributed by atoms with Gasteiger partial charge in [0.15, 0.2) is 0 Å². The molecular formula is C13H13F6NO3S. The van der Waals surface area contributed by atoms with Crippen molar-refractivity contribution < 1.29 is 39.5 Å². The average molecular weight is 377 g/mol. The first-order chi connectivity index (χ1) is 10.7. The summed E-state index contributed by atoms with van der Waals surface area (Å²) < 4.78 is 108. The van der Waals surface area contributed by atoms with Crippen molar-refractivity contribution in [2.75, 3.05) is 13.2 Å². The van der Waals surface area contributed by atoms with Crippen LogP contribution in [0.4, 0.5) is 26.3 Å². The molecule has 136 valence electrons. The molecule has 1 aromatic rings. The predicted molar refractivity (Wildman–Crippen MR) is 70.6 cm³/mol. The van der Waals surface area contributed by atoms with Crippen LogP contribution in [0.2, 0.25) is 0 Å². The molecule has 0 unspecified atom stereocenters. The maximum atomic E-state index is 12.8. The third-order valence-electron chi connectivity index (χ3n) is 3.47. The molecule has 1 aliphatic rings. The van der Waals surface area contributed by atoms with E-state index < -0.39 is 43.9 Å². The molecule has 1 saturated heterocycles. The molecule has 0 aliphatic carbocycles. The van der Waals surface area contributed by atoms with Crippen molar-refractivity contribution in [1.82, 2.24) is 4.72 Å². The lowest BCUT2D eigenvalue weighted by atomic mass is 10.0. The predicted octanol–water partition coefficient (Wildman–Crippen LogP) is 3.18. The molecule has 1 atom stereocenters. The Kier molecular flexibility index (Phi) is 4.66. The highest BCUT2D eigenvalue weighted by Gasteiger charge is 2.40. The first-order valence-electron chi connectivity index (χ1n) is 6.64. The number of hydrogen-bond donors (Lipinski definition) is 1. The number of hydrogen-bond acceptors (Lipinski definition) is 3. The fraction of sp³-hybridized carbons (Fsp3) is 0.538. The van der Waals surface area contributed by atoms with Crippen molar-refractivity contribution in [3.05, 3.63) is 29.3 Å². The van der Waals surface area contributed by atoms with E-state index in [0.717, 1.165) is 0 Å². The van der Waals surface area contributed by atoms with E-state index in [4.69, 9.17) is 4.74 Å². The summed E-state index contributed by atoms with van der Waals surface area (Å²) in [5.74, 6) is 0. The lowest BCUT2D eigenvalue weighted by Gasteiger charge is -2.24. The van der Waals surface area contributed by atoms with Crippen LogP contribution in [-0.4, -0.2) is 27.2 Å². The van der Waals surface area contributed by atoms with Gasteiger partial charge in [-0.25, -0.2) is 13.1 Å². The molecule has 1 aliphatic heterocycles. The Labute approximate surface area is 133 Å². The van der Waals surface area contributed by atoms with Crippen LogP contribution in [-0.2, 0) is 27.1 Å². The molecule has 0 bridgehead atoms. The third-order valence-corrected chi connectivity index (χ3v) is 5.09. The summed E-state index contributed by atoms with van der Waals surface area (Å²) in [6.07, 6.45) is -9.99. The second kappa shape index (κ2) is 5.88. The zero-order valence-corrected chi connectivity index (χ0v) is 13.1. The average Bonchev–Trinajstić information content (AvgIpc) is 2.81. The summed E-state index contributed by atoms with van der Waals surface area (Å²) in [5, 5.41) is 0. The molecule has 0 amide bonds. The number of rotatable bonds is 3. The molecular weight excluding hydrogens is 364 g/mol. The van der Waals surface area contributed by atoms with Crippen LogP contribution in [0, 0.1) is 0 Å². The van der Waals surface area contributed by atoms with Gasteiger partial charge in [0.1, 0.15) is 0 Å². The Hall–Kier alpha value is -1.33. The highest BCUT2D eigenvalue weighted by atomic mass is 32.2. The molecule has 0 spiro atoms. The van der Waals surface area contributed by atoms with E-state index in [2.05, 4.69) is 4.72 Å². The Bertz CT molecular complexity index is 688. The number of halogens is 6. The zero-order valence-electron chi connectivity index (χ0n) is 12.3. The van der Waals surface area contributed by atoms with Crippen LogP contribution in [0.1, 0.15) is 24.5 Å². The normalized spacial score (nSPS) is 22.8. The third kappa shape index (κ3) is 4.19. The minimum absolute atomic E-state index is 0.0304. The molecule has 24 heavy (non-hydrogen) atoms. The standard InChI is InChI=1S/C13H13F6NO3S/c1-11(2-3-23-7-11)20-24(21,22)10-5-8(12(14,15)16)4-9(6-10)13(17,18)19/h4-6,20H,2-3,7H2,1H3/t11-/m0/s1. The van der Waals surface area contributed by atoms with E-state index in [1.807, 2.05) is 0 Å². The van der Waals surface area contributed by atoms with Crippen molar-refractivity contribution in [2.45, 2.75) is 36.1 Å². The second-order valence-electron chi connectivity index (χ2n) is 5.71. The van der Waals surface area contributed by atoms with E-state index in [0.29, 0.717) is 0 Å². The molecule has 1 aromatic carbocycles. The van der Waals surface area contributed by atoms with E-state index in [9.17, 15) is 34.8 Å². The van der Waals surface area contributed by atoms with Gasteiger partial charge < -0.3 is 4.74 Å². The van der Waals surface area contributed by atoms with Crippen LogP contribution in [0.25, 0.3) is 0 Å². The molecule has 1 heterocycles. The molecule has 1 N–H and O–H groups in total. The molecule has 0 radical (unpaired) electrons. The smallest absolute Gasteiger partial charge is 0.379 e. The van der Waals surface area contributed by atoms with Gasteiger partial charge in [-0.3, -0.25) is 0 Å². The van der Waals surface area contributed by atoms with Gasteiger partial charge in [-0.1, -0.05) is 0 Å². The topological polar surface area (TPSA) is 55.4 Å². The van der Waals surface area contributed by atoms with E-state index in [-0.39, 0.29) is 37.8 Å². The Morgan fingerprint density at radius 1 is 1.04 bits per heavy atom. The minimum atomic E-state index is -5.12. The first-order valence-corrected chi connectivity index (χ1v) is 8.13. The van der Waals surface area contributed by atoms with Gasteiger partial charge in [-0.2, -0.15) is 26.3 Å². The lowest BCUT2D eigenvalue weighted by molar-refractivity contribution is -0.143. The minimum Gasteiger partial charge on any atom is -0.379 e. The SMILES string of the molecule is C[C@]1(NS(=O)(=O)c2cc(C(F)(F)F)cc(C(F)(F)F)c2)CCOC1. The number of alkyl halides is 6. The fourth-order valence-electron chi connectivity index (χ4n) is 2.21. The molecule has 11 heteroatoms. The largest absolute Gasteiger partial charge is 0.416 e. The number of sulfonamides is 1. The van der Waals surface area contributed by atoms with E-state index in [1.165, 1.54) is 6.92 Å². The fourth-order valence-corrected chi connectivity index (χ4v) is 3.70. The monoisotopic (exact) mass is 377 g/mol. The number of ether oxygens (including phenoxy) is 1. The van der Waals surface area contributed by atoms with Gasteiger partial charge in [0, 0.05) is 6.61 Å². The molecule has 4 nitrogen and oxygen atoms in total. The van der Waals surface area contributed by atoms with E-state index >= 15 is 0 Å². The highest BCUT2D eigenvalue weighted by molar-refractivity contribution is 7.89. The molecule has 0 saturated carbocycles. The van der Waals surface area contributed by atoms with Crippen molar-refractivity contribution in [2.24, 2.45) is 0 Å². The second-order valence-corrected chi connectivity index (χ2v) is 7.39. The van der Waals surface area contributed by atoms with Crippen molar-refractivity contribution in [1.29, 1.82) is 0 Å². The summed E-state index contributed by atoms with van der Waals surface area (Å²) >= 11 is 0. The Balaban J connectivity index is 2.52. The first kappa shape index (κ1) is 19.0. The number of benzene rings is 1. The van der Waals surface area contributed by atoms with Crippen LogP contribution in [0.5, 0.6) is 0 Å². The maximum Gasteiger partial charge on any atom is 0.416 e.